The lowest BCUT2D eigenvalue weighted by Crippen LogP contribution is -2.03. The summed E-state index contributed by atoms with van der Waals surface area (Å²) in [6.07, 6.45) is 0.992. The van der Waals surface area contributed by atoms with Crippen molar-refractivity contribution in [3.05, 3.63) is 39.0 Å². The molecular weight excluding hydrogens is 365 g/mol. The number of hydrogen-bond acceptors (Lipinski definition) is 5. The van der Waals surface area contributed by atoms with Gasteiger partial charge in [0, 0.05) is 11.8 Å². The van der Waals surface area contributed by atoms with Gasteiger partial charge in [-0.3, -0.25) is 0 Å². The van der Waals surface area contributed by atoms with Gasteiger partial charge >= 0.3 is 0 Å². The Morgan fingerprint density at radius 2 is 1.65 bits per heavy atom. The lowest BCUT2D eigenvalue weighted by Gasteiger charge is -2.15. The number of halogens is 2. The number of H-pyrrole nitrogens is 1. The zero-order valence-electron chi connectivity index (χ0n) is 12.1. The molecule has 0 aliphatic heterocycles. The Kier molecular flexibility index (Phi) is 5.40. The van der Waals surface area contributed by atoms with Gasteiger partial charge in [-0.05, 0) is 22.3 Å². The fourth-order valence-corrected chi connectivity index (χ4v) is 4.19. The number of aliphatic hydroxyl groups excluding tert-OH is 3. The van der Waals surface area contributed by atoms with Crippen LogP contribution < -0.4 is 0 Å². The van der Waals surface area contributed by atoms with Crippen molar-refractivity contribution in [2.24, 2.45) is 0 Å². The van der Waals surface area contributed by atoms with E-state index in [1.807, 2.05) is 0 Å². The maximum atomic E-state index is 11.7. The van der Waals surface area contributed by atoms with Gasteiger partial charge in [-0.25, -0.2) is 8.42 Å². The van der Waals surface area contributed by atoms with Crippen LogP contribution in [0.5, 0.6) is 0 Å². The van der Waals surface area contributed by atoms with Crippen LogP contribution in [-0.4, -0.2) is 35.0 Å². The predicted octanol–water partition coefficient (Wildman–Crippen LogP) is 1.87. The van der Waals surface area contributed by atoms with Crippen LogP contribution in [0, 0.1) is 0 Å². The van der Waals surface area contributed by atoms with E-state index in [0.29, 0.717) is 22.3 Å². The normalized spacial score (nSPS) is 11.9. The van der Waals surface area contributed by atoms with Crippen molar-refractivity contribution >= 4 is 33.0 Å². The first kappa shape index (κ1) is 18.3. The highest BCUT2D eigenvalue weighted by atomic mass is 35.5. The SMILES string of the molecule is CS(=O)(=O)c1[nH]c(Cl)c(-c2ccc(CO)c(CO)c2CO)c1Cl. The second kappa shape index (κ2) is 6.80. The highest BCUT2D eigenvalue weighted by molar-refractivity contribution is 7.90. The molecule has 0 saturated carbocycles. The quantitative estimate of drug-likeness (QED) is 0.633. The fraction of sp³-hybridized carbons (Fsp3) is 0.286. The van der Waals surface area contributed by atoms with Gasteiger partial charge in [0.15, 0.2) is 14.9 Å². The summed E-state index contributed by atoms with van der Waals surface area (Å²) >= 11 is 12.2. The number of aliphatic hydroxyl groups is 3. The van der Waals surface area contributed by atoms with Crippen molar-refractivity contribution in [2.75, 3.05) is 6.26 Å². The number of nitrogens with one attached hydrogen (secondary N) is 1. The van der Waals surface area contributed by atoms with Gasteiger partial charge in [-0.15, -0.1) is 0 Å². The number of benzene rings is 1. The molecule has 0 radical (unpaired) electrons. The summed E-state index contributed by atoms with van der Waals surface area (Å²) in [5.74, 6) is 0. The molecule has 1 aromatic heterocycles. The molecule has 0 unspecified atom stereocenters. The Morgan fingerprint density at radius 1 is 1.04 bits per heavy atom. The fourth-order valence-electron chi connectivity index (χ4n) is 2.42. The second-order valence-corrected chi connectivity index (χ2v) is 7.64. The van der Waals surface area contributed by atoms with Crippen LogP contribution in [-0.2, 0) is 29.7 Å². The van der Waals surface area contributed by atoms with Crippen LogP contribution in [0.2, 0.25) is 10.2 Å². The molecule has 0 fully saturated rings. The van der Waals surface area contributed by atoms with E-state index in [2.05, 4.69) is 4.98 Å². The van der Waals surface area contributed by atoms with E-state index in [4.69, 9.17) is 23.2 Å². The van der Waals surface area contributed by atoms with E-state index in [-0.39, 0.29) is 27.4 Å². The van der Waals surface area contributed by atoms with E-state index in [9.17, 15) is 23.7 Å². The summed E-state index contributed by atoms with van der Waals surface area (Å²) < 4.78 is 23.5. The summed E-state index contributed by atoms with van der Waals surface area (Å²) in [6, 6.07) is 3.11. The minimum atomic E-state index is -3.62. The van der Waals surface area contributed by atoms with Crippen molar-refractivity contribution in [3.63, 3.8) is 0 Å². The number of hydrogen-bond donors (Lipinski definition) is 4. The third-order valence-electron chi connectivity index (χ3n) is 3.52. The van der Waals surface area contributed by atoms with Crippen molar-refractivity contribution in [2.45, 2.75) is 24.8 Å². The predicted molar refractivity (Wildman–Crippen MR) is 87.1 cm³/mol. The molecular formula is C14H15Cl2NO5S. The molecule has 0 atom stereocenters. The monoisotopic (exact) mass is 379 g/mol. The Morgan fingerprint density at radius 3 is 2.09 bits per heavy atom. The molecule has 2 rings (SSSR count). The van der Waals surface area contributed by atoms with E-state index in [1.165, 1.54) is 0 Å². The highest BCUT2D eigenvalue weighted by Gasteiger charge is 2.25. The molecule has 1 aromatic carbocycles. The van der Waals surface area contributed by atoms with Gasteiger partial charge in [-0.1, -0.05) is 35.3 Å². The molecule has 0 aliphatic rings. The lowest BCUT2D eigenvalue weighted by atomic mass is 9.94. The van der Waals surface area contributed by atoms with Gasteiger partial charge in [-0.2, -0.15) is 0 Å². The molecule has 0 aliphatic carbocycles. The Balaban J connectivity index is 2.81. The molecule has 4 N–H and O–H groups in total. The smallest absolute Gasteiger partial charge is 0.192 e. The molecule has 1 heterocycles. The first-order valence-electron chi connectivity index (χ1n) is 6.49. The average Bonchev–Trinajstić information content (AvgIpc) is 2.80. The molecule has 0 amide bonds. The minimum Gasteiger partial charge on any atom is -0.392 e. The van der Waals surface area contributed by atoms with Crippen LogP contribution in [0.25, 0.3) is 11.1 Å². The summed E-state index contributed by atoms with van der Waals surface area (Å²) in [5, 5.41) is 28.2. The van der Waals surface area contributed by atoms with Gasteiger partial charge < -0.3 is 20.3 Å². The van der Waals surface area contributed by atoms with Crippen LogP contribution >= 0.6 is 23.2 Å². The number of sulfone groups is 1. The molecule has 126 valence electrons. The number of rotatable bonds is 5. The summed E-state index contributed by atoms with van der Waals surface area (Å²) in [7, 11) is -3.62. The average molecular weight is 380 g/mol. The van der Waals surface area contributed by atoms with Crippen LogP contribution in [0.3, 0.4) is 0 Å². The van der Waals surface area contributed by atoms with Gasteiger partial charge in [0.1, 0.15) is 5.15 Å². The Bertz CT molecular complexity index is 845. The van der Waals surface area contributed by atoms with Crippen LogP contribution in [0.4, 0.5) is 0 Å². The third-order valence-corrected chi connectivity index (χ3v) is 5.34. The zero-order valence-corrected chi connectivity index (χ0v) is 14.4. The lowest BCUT2D eigenvalue weighted by molar-refractivity contribution is 0.248. The molecule has 9 heteroatoms. The number of aromatic amines is 1. The van der Waals surface area contributed by atoms with Crippen LogP contribution in [0.15, 0.2) is 17.2 Å². The number of aromatic nitrogens is 1. The van der Waals surface area contributed by atoms with Gasteiger partial charge in [0.25, 0.3) is 0 Å². The molecule has 0 bridgehead atoms. The van der Waals surface area contributed by atoms with Crippen molar-refractivity contribution in [1.82, 2.24) is 4.98 Å². The Hall–Kier alpha value is -1.09. The van der Waals surface area contributed by atoms with Crippen LogP contribution in [0.1, 0.15) is 16.7 Å². The van der Waals surface area contributed by atoms with Crippen molar-refractivity contribution in [1.29, 1.82) is 0 Å². The summed E-state index contributed by atoms with van der Waals surface area (Å²) in [6.45, 7) is -1.16. The molecule has 23 heavy (non-hydrogen) atoms. The van der Waals surface area contributed by atoms with Gasteiger partial charge in [0.05, 0.1) is 24.8 Å². The maximum Gasteiger partial charge on any atom is 0.192 e. The largest absolute Gasteiger partial charge is 0.392 e. The van der Waals surface area contributed by atoms with E-state index >= 15 is 0 Å². The van der Waals surface area contributed by atoms with Crippen molar-refractivity contribution < 1.29 is 23.7 Å². The summed E-state index contributed by atoms with van der Waals surface area (Å²) in [4.78, 5) is 2.52. The Labute approximate surface area is 143 Å². The molecule has 2 aromatic rings. The molecule has 0 saturated heterocycles. The highest BCUT2D eigenvalue weighted by Crippen LogP contribution is 2.41. The minimum absolute atomic E-state index is 0.00534. The second-order valence-electron chi connectivity index (χ2n) is 4.93. The molecule has 0 spiro atoms. The molecule has 6 nitrogen and oxygen atoms in total. The maximum absolute atomic E-state index is 11.7. The van der Waals surface area contributed by atoms with Crippen molar-refractivity contribution in [3.8, 4) is 11.1 Å². The van der Waals surface area contributed by atoms with Gasteiger partial charge in [0.2, 0.25) is 0 Å². The van der Waals surface area contributed by atoms with E-state index < -0.39 is 23.1 Å². The van der Waals surface area contributed by atoms with E-state index in [0.717, 1.165) is 6.26 Å². The first-order chi connectivity index (χ1) is 10.8. The topological polar surface area (TPSA) is 111 Å². The third kappa shape index (κ3) is 3.26. The zero-order chi connectivity index (χ0) is 17.4. The first-order valence-corrected chi connectivity index (χ1v) is 9.14. The standard InChI is InChI=1S/C14H15Cl2NO5S/c1-23(21,22)14-12(15)11(13(16)17-14)8-3-2-7(4-18)9(5-19)10(8)6-20/h2-3,17-20H,4-6H2,1H3. The summed E-state index contributed by atoms with van der Waals surface area (Å²) in [5.41, 5.74) is 1.72. The van der Waals surface area contributed by atoms with E-state index in [1.54, 1.807) is 12.1 Å².